The van der Waals surface area contributed by atoms with Crippen LogP contribution in [-0.4, -0.2) is 17.7 Å². The Morgan fingerprint density at radius 2 is 2.14 bits per heavy atom. The maximum absolute atomic E-state index is 11.0. The lowest BCUT2D eigenvalue weighted by atomic mass is 9.92. The Hall–Kier alpha value is -1.51. The average Bonchev–Trinajstić information content (AvgIpc) is 3.18. The predicted molar refractivity (Wildman–Crippen MR) is 83.8 cm³/mol. The molecule has 1 saturated carbocycles. The van der Waals surface area contributed by atoms with Gasteiger partial charge in [0.25, 0.3) is 0 Å². The molecule has 0 radical (unpaired) electrons. The monoisotopic (exact) mass is 290 g/mol. The summed E-state index contributed by atoms with van der Waals surface area (Å²) in [7, 11) is 0. The highest BCUT2D eigenvalue weighted by Crippen LogP contribution is 2.46. The number of rotatable bonds is 7. The van der Waals surface area contributed by atoms with Crippen molar-refractivity contribution in [3.05, 3.63) is 28.8 Å². The van der Waals surface area contributed by atoms with E-state index < -0.39 is 5.97 Å². The van der Waals surface area contributed by atoms with E-state index in [2.05, 4.69) is 39.8 Å². The van der Waals surface area contributed by atoms with Crippen molar-refractivity contribution in [3.8, 4) is 5.75 Å². The maximum atomic E-state index is 11.0. The van der Waals surface area contributed by atoms with Gasteiger partial charge in [0.2, 0.25) is 0 Å². The van der Waals surface area contributed by atoms with Gasteiger partial charge in [-0.15, -0.1) is 0 Å². The first-order valence-electron chi connectivity index (χ1n) is 7.89. The second-order valence-electron chi connectivity index (χ2n) is 6.44. The molecule has 1 fully saturated rings. The second-order valence-corrected chi connectivity index (χ2v) is 6.44. The number of hydrogen-bond acceptors (Lipinski definition) is 2. The fourth-order valence-electron chi connectivity index (χ4n) is 3.23. The van der Waals surface area contributed by atoms with Crippen LogP contribution >= 0.6 is 0 Å². The molecule has 0 aliphatic heterocycles. The molecular formula is C18H26O3. The van der Waals surface area contributed by atoms with Crippen LogP contribution in [0.5, 0.6) is 5.75 Å². The highest BCUT2D eigenvalue weighted by Gasteiger charge is 2.46. The molecule has 1 aromatic rings. The molecule has 3 unspecified atom stereocenters. The molecule has 1 N–H and O–H groups in total. The molecule has 0 saturated heterocycles. The summed E-state index contributed by atoms with van der Waals surface area (Å²) in [5, 5.41) is 9.07. The summed E-state index contributed by atoms with van der Waals surface area (Å²) in [5.74, 6) is 0.932. The predicted octanol–water partition coefficient (Wildman–Crippen LogP) is 3.99. The van der Waals surface area contributed by atoms with Gasteiger partial charge in [0, 0.05) is 0 Å². The molecule has 0 bridgehead atoms. The van der Waals surface area contributed by atoms with Crippen molar-refractivity contribution in [1.82, 2.24) is 0 Å². The third-order valence-corrected chi connectivity index (χ3v) is 4.38. The molecule has 1 aliphatic carbocycles. The van der Waals surface area contributed by atoms with Gasteiger partial charge in [-0.25, -0.2) is 0 Å². The van der Waals surface area contributed by atoms with E-state index in [-0.39, 0.29) is 5.92 Å². The van der Waals surface area contributed by atoms with Crippen LogP contribution in [0, 0.1) is 31.6 Å². The van der Waals surface area contributed by atoms with E-state index in [0.717, 1.165) is 31.6 Å². The van der Waals surface area contributed by atoms with Crippen molar-refractivity contribution in [1.29, 1.82) is 0 Å². The smallest absolute Gasteiger partial charge is 0.306 e. The molecule has 2 rings (SSSR count). The number of aryl methyl sites for hydroxylation is 2. The average molecular weight is 290 g/mol. The second kappa shape index (κ2) is 6.50. The SMILES string of the molecule is CCCOc1c(C)cc(C)cc1CC(C)C1CC1C(=O)O. The number of aliphatic carboxylic acids is 1. The van der Waals surface area contributed by atoms with E-state index in [9.17, 15) is 4.79 Å². The summed E-state index contributed by atoms with van der Waals surface area (Å²) < 4.78 is 5.93. The Kier molecular flexibility index (Phi) is 4.92. The molecule has 0 amide bonds. The van der Waals surface area contributed by atoms with E-state index in [1.807, 2.05) is 0 Å². The highest BCUT2D eigenvalue weighted by molar-refractivity contribution is 5.73. The number of carboxylic acids is 1. The van der Waals surface area contributed by atoms with E-state index in [4.69, 9.17) is 9.84 Å². The van der Waals surface area contributed by atoms with Gasteiger partial charge >= 0.3 is 5.97 Å². The maximum Gasteiger partial charge on any atom is 0.306 e. The van der Waals surface area contributed by atoms with E-state index in [1.54, 1.807) is 0 Å². The number of benzene rings is 1. The van der Waals surface area contributed by atoms with Crippen molar-refractivity contribution < 1.29 is 14.6 Å². The van der Waals surface area contributed by atoms with Gasteiger partial charge in [0.15, 0.2) is 0 Å². The van der Waals surface area contributed by atoms with Crippen LogP contribution < -0.4 is 4.74 Å². The third kappa shape index (κ3) is 3.78. The van der Waals surface area contributed by atoms with E-state index in [0.29, 0.717) is 11.8 Å². The van der Waals surface area contributed by atoms with Crippen LogP contribution in [0.15, 0.2) is 12.1 Å². The Balaban J connectivity index is 2.13. The summed E-state index contributed by atoms with van der Waals surface area (Å²) in [4.78, 5) is 11.0. The minimum Gasteiger partial charge on any atom is -0.493 e. The van der Waals surface area contributed by atoms with Crippen molar-refractivity contribution in [2.45, 2.75) is 47.0 Å². The van der Waals surface area contributed by atoms with E-state index in [1.165, 1.54) is 16.7 Å². The van der Waals surface area contributed by atoms with Crippen LogP contribution in [0.3, 0.4) is 0 Å². The Bertz CT molecular complexity index is 521. The topological polar surface area (TPSA) is 46.5 Å². The lowest BCUT2D eigenvalue weighted by Gasteiger charge is -2.18. The quantitative estimate of drug-likeness (QED) is 0.826. The fraction of sp³-hybridized carbons (Fsp3) is 0.611. The van der Waals surface area contributed by atoms with Crippen molar-refractivity contribution in [2.24, 2.45) is 17.8 Å². The minimum atomic E-state index is -0.644. The number of ether oxygens (including phenoxy) is 1. The van der Waals surface area contributed by atoms with Crippen molar-refractivity contribution in [2.75, 3.05) is 6.61 Å². The van der Waals surface area contributed by atoms with Crippen molar-refractivity contribution in [3.63, 3.8) is 0 Å². The molecule has 0 spiro atoms. The van der Waals surface area contributed by atoms with Gasteiger partial charge in [0.05, 0.1) is 12.5 Å². The molecule has 21 heavy (non-hydrogen) atoms. The Morgan fingerprint density at radius 1 is 1.43 bits per heavy atom. The molecule has 1 aromatic carbocycles. The first-order valence-corrected chi connectivity index (χ1v) is 7.89. The summed E-state index contributed by atoms with van der Waals surface area (Å²) >= 11 is 0. The lowest BCUT2D eigenvalue weighted by molar-refractivity contribution is -0.139. The zero-order valence-electron chi connectivity index (χ0n) is 13.5. The highest BCUT2D eigenvalue weighted by atomic mass is 16.5. The van der Waals surface area contributed by atoms with Crippen molar-refractivity contribution >= 4 is 5.97 Å². The normalized spacial score (nSPS) is 21.9. The van der Waals surface area contributed by atoms with Crippen LogP contribution in [0.4, 0.5) is 0 Å². The fourth-order valence-corrected chi connectivity index (χ4v) is 3.23. The zero-order valence-corrected chi connectivity index (χ0v) is 13.5. The van der Waals surface area contributed by atoms with Gasteiger partial charge in [-0.2, -0.15) is 0 Å². The molecule has 3 heteroatoms. The van der Waals surface area contributed by atoms with Gasteiger partial charge < -0.3 is 9.84 Å². The summed E-state index contributed by atoms with van der Waals surface area (Å²) in [6.45, 7) is 9.18. The molecule has 3 nitrogen and oxygen atoms in total. The van der Waals surface area contributed by atoms with Gasteiger partial charge in [0.1, 0.15) is 5.75 Å². The van der Waals surface area contributed by atoms with Gasteiger partial charge in [-0.1, -0.05) is 31.5 Å². The summed E-state index contributed by atoms with van der Waals surface area (Å²) in [6.07, 6.45) is 2.72. The van der Waals surface area contributed by atoms with Crippen LogP contribution in [0.25, 0.3) is 0 Å². The van der Waals surface area contributed by atoms with Crippen LogP contribution in [0.1, 0.15) is 43.4 Å². The first-order chi connectivity index (χ1) is 9.93. The number of carboxylic acid groups (broad SMARTS) is 1. The standard InChI is InChI=1S/C18H26O3/c1-5-6-21-17-13(4)7-11(2)8-14(17)9-12(3)15-10-16(15)18(19)20/h7-8,12,15-16H,5-6,9-10H2,1-4H3,(H,19,20). The lowest BCUT2D eigenvalue weighted by Crippen LogP contribution is -2.10. The molecule has 1 aliphatic rings. The van der Waals surface area contributed by atoms with Gasteiger partial charge in [-0.05, 0) is 56.1 Å². The summed E-state index contributed by atoms with van der Waals surface area (Å²) in [5.41, 5.74) is 3.64. The van der Waals surface area contributed by atoms with Crippen LogP contribution in [-0.2, 0) is 11.2 Å². The molecular weight excluding hydrogens is 264 g/mol. The van der Waals surface area contributed by atoms with E-state index >= 15 is 0 Å². The Morgan fingerprint density at radius 3 is 2.71 bits per heavy atom. The largest absolute Gasteiger partial charge is 0.493 e. The van der Waals surface area contributed by atoms with Crippen LogP contribution in [0.2, 0.25) is 0 Å². The molecule has 0 heterocycles. The first kappa shape index (κ1) is 15.9. The molecule has 3 atom stereocenters. The number of carbonyl (C=O) groups is 1. The van der Waals surface area contributed by atoms with Gasteiger partial charge in [-0.3, -0.25) is 4.79 Å². The number of hydrogen-bond donors (Lipinski definition) is 1. The minimum absolute atomic E-state index is 0.133. The zero-order chi connectivity index (χ0) is 15.6. The molecule has 116 valence electrons. The Labute approximate surface area is 127 Å². The summed E-state index contributed by atoms with van der Waals surface area (Å²) in [6, 6.07) is 4.34. The molecule has 0 aromatic heterocycles. The third-order valence-electron chi connectivity index (χ3n) is 4.38.